The minimum Gasteiger partial charge on any atom is -0.372 e. The van der Waals surface area contributed by atoms with Crippen LogP contribution in [0, 0.1) is 13.8 Å². The number of hydrogen-bond acceptors (Lipinski definition) is 3. The lowest BCUT2D eigenvalue weighted by Gasteiger charge is -2.28. The first-order valence-corrected chi connectivity index (χ1v) is 8.81. The van der Waals surface area contributed by atoms with Gasteiger partial charge in [-0.1, -0.05) is 0 Å². The summed E-state index contributed by atoms with van der Waals surface area (Å²) < 4.78 is 1.50. The molecule has 1 aromatic carbocycles. The van der Waals surface area contributed by atoms with Gasteiger partial charge in [-0.25, -0.2) is 0 Å². The van der Waals surface area contributed by atoms with Crippen LogP contribution in [0.3, 0.4) is 0 Å². The number of carbonyl (C=O) groups is 1. The third-order valence-corrected chi connectivity index (χ3v) is 4.94. The highest BCUT2D eigenvalue weighted by Crippen LogP contribution is 2.22. The fourth-order valence-corrected chi connectivity index (χ4v) is 3.36. The van der Waals surface area contributed by atoms with E-state index in [9.17, 15) is 9.59 Å². The smallest absolute Gasteiger partial charge is 0.263 e. The molecule has 1 N–H and O–H groups in total. The molecule has 0 saturated carbocycles. The van der Waals surface area contributed by atoms with Crippen molar-refractivity contribution in [1.29, 1.82) is 0 Å². The highest BCUT2D eigenvalue weighted by Gasteiger charge is 2.17. The lowest BCUT2D eigenvalue weighted by molar-refractivity contribution is 0.102. The van der Waals surface area contributed by atoms with E-state index in [1.165, 1.54) is 29.5 Å². The third kappa shape index (κ3) is 3.60. The Morgan fingerprint density at radius 2 is 1.68 bits per heavy atom. The summed E-state index contributed by atoms with van der Waals surface area (Å²) in [6, 6.07) is 9.71. The van der Waals surface area contributed by atoms with Crippen LogP contribution in [-0.4, -0.2) is 23.6 Å². The van der Waals surface area contributed by atoms with Gasteiger partial charge in [0.15, 0.2) is 0 Å². The standard InChI is InChI=1S/C20H25N3O2/c1-14-13-15(2)22(3)20(25)18(14)19(24)21-16-7-9-17(10-8-16)23-11-5-4-6-12-23/h7-10,13H,4-6,11-12H2,1-3H3,(H,21,24). The van der Waals surface area contributed by atoms with Crippen LogP contribution in [0.25, 0.3) is 0 Å². The number of nitrogens with zero attached hydrogens (tertiary/aromatic N) is 2. The number of nitrogens with one attached hydrogen (secondary N) is 1. The molecule has 1 aliphatic heterocycles. The number of aryl methyl sites for hydroxylation is 2. The zero-order valence-electron chi connectivity index (χ0n) is 15.1. The number of hydrogen-bond donors (Lipinski definition) is 1. The number of benzene rings is 1. The molecule has 1 aromatic heterocycles. The second kappa shape index (κ2) is 7.13. The Morgan fingerprint density at radius 3 is 2.32 bits per heavy atom. The van der Waals surface area contributed by atoms with E-state index in [-0.39, 0.29) is 17.0 Å². The number of rotatable bonds is 3. The molecule has 5 nitrogen and oxygen atoms in total. The molecular formula is C20H25N3O2. The summed E-state index contributed by atoms with van der Waals surface area (Å²) in [4.78, 5) is 27.3. The summed E-state index contributed by atoms with van der Waals surface area (Å²) in [7, 11) is 1.68. The Balaban J connectivity index is 1.77. The zero-order chi connectivity index (χ0) is 18.0. The highest BCUT2D eigenvalue weighted by atomic mass is 16.2. The topological polar surface area (TPSA) is 54.3 Å². The van der Waals surface area contributed by atoms with Gasteiger partial charge < -0.3 is 14.8 Å². The molecule has 0 bridgehead atoms. The molecule has 1 fully saturated rings. The molecule has 2 aromatic rings. The van der Waals surface area contributed by atoms with Crippen LogP contribution in [0.15, 0.2) is 35.1 Å². The zero-order valence-corrected chi connectivity index (χ0v) is 15.1. The molecule has 0 spiro atoms. The maximum atomic E-state index is 12.6. The van der Waals surface area contributed by atoms with Crippen molar-refractivity contribution in [2.45, 2.75) is 33.1 Å². The van der Waals surface area contributed by atoms with Crippen LogP contribution in [-0.2, 0) is 7.05 Å². The Kier molecular flexibility index (Phi) is 4.93. The van der Waals surface area contributed by atoms with Crippen molar-refractivity contribution in [1.82, 2.24) is 4.57 Å². The maximum Gasteiger partial charge on any atom is 0.263 e. The van der Waals surface area contributed by atoms with Crippen LogP contribution in [0.2, 0.25) is 0 Å². The van der Waals surface area contributed by atoms with Crippen molar-refractivity contribution in [3.05, 3.63) is 57.5 Å². The van der Waals surface area contributed by atoms with E-state index in [0.29, 0.717) is 11.3 Å². The first-order chi connectivity index (χ1) is 12.0. The number of amides is 1. The van der Waals surface area contributed by atoms with Crippen molar-refractivity contribution < 1.29 is 4.79 Å². The molecule has 1 saturated heterocycles. The monoisotopic (exact) mass is 339 g/mol. The van der Waals surface area contributed by atoms with Gasteiger partial charge >= 0.3 is 0 Å². The van der Waals surface area contributed by atoms with Gasteiger partial charge in [-0.05, 0) is 69.0 Å². The van der Waals surface area contributed by atoms with Gasteiger partial charge in [0.1, 0.15) is 5.56 Å². The minimum atomic E-state index is -0.358. The molecule has 0 unspecified atom stereocenters. The first kappa shape index (κ1) is 17.3. The van der Waals surface area contributed by atoms with Crippen molar-refractivity contribution in [2.24, 2.45) is 7.05 Å². The van der Waals surface area contributed by atoms with Gasteiger partial charge in [0.2, 0.25) is 0 Å². The Bertz CT molecular complexity index is 831. The molecule has 0 aliphatic carbocycles. The summed E-state index contributed by atoms with van der Waals surface area (Å²) in [5.74, 6) is -0.358. The van der Waals surface area contributed by atoms with Gasteiger partial charge in [-0.15, -0.1) is 0 Å². The molecule has 3 rings (SSSR count). The van der Waals surface area contributed by atoms with Crippen LogP contribution < -0.4 is 15.8 Å². The van der Waals surface area contributed by atoms with Crippen LogP contribution in [0.5, 0.6) is 0 Å². The lowest BCUT2D eigenvalue weighted by atomic mass is 10.1. The summed E-state index contributed by atoms with van der Waals surface area (Å²) in [5.41, 5.74) is 3.36. The van der Waals surface area contributed by atoms with Crippen molar-refractivity contribution >= 4 is 17.3 Å². The lowest BCUT2D eigenvalue weighted by Crippen LogP contribution is -2.30. The van der Waals surface area contributed by atoms with Crippen molar-refractivity contribution in [3.8, 4) is 0 Å². The van der Waals surface area contributed by atoms with E-state index in [2.05, 4.69) is 10.2 Å². The van der Waals surface area contributed by atoms with Crippen LogP contribution in [0.4, 0.5) is 11.4 Å². The normalized spacial score (nSPS) is 14.4. The summed E-state index contributed by atoms with van der Waals surface area (Å²) >= 11 is 0. The van der Waals surface area contributed by atoms with Gasteiger partial charge in [-0.3, -0.25) is 9.59 Å². The van der Waals surface area contributed by atoms with Crippen LogP contribution >= 0.6 is 0 Å². The largest absolute Gasteiger partial charge is 0.372 e. The van der Waals surface area contributed by atoms with Gasteiger partial charge in [0.25, 0.3) is 11.5 Å². The van der Waals surface area contributed by atoms with Crippen molar-refractivity contribution in [3.63, 3.8) is 0 Å². The average molecular weight is 339 g/mol. The van der Waals surface area contributed by atoms with E-state index in [1.54, 1.807) is 14.0 Å². The molecule has 25 heavy (non-hydrogen) atoms. The second-order valence-electron chi connectivity index (χ2n) is 6.76. The molecule has 0 atom stereocenters. The molecule has 132 valence electrons. The molecular weight excluding hydrogens is 314 g/mol. The number of aromatic nitrogens is 1. The average Bonchev–Trinajstić information content (AvgIpc) is 2.61. The Labute approximate surface area is 148 Å². The predicted molar refractivity (Wildman–Crippen MR) is 102 cm³/mol. The van der Waals surface area contributed by atoms with Gasteiger partial charge in [-0.2, -0.15) is 0 Å². The van der Waals surface area contributed by atoms with Gasteiger partial charge in [0, 0.05) is 37.2 Å². The molecule has 5 heteroatoms. The molecule has 1 aliphatic rings. The van der Waals surface area contributed by atoms with Gasteiger partial charge in [0.05, 0.1) is 0 Å². The third-order valence-electron chi connectivity index (χ3n) is 4.94. The van der Waals surface area contributed by atoms with E-state index in [4.69, 9.17) is 0 Å². The number of pyridine rings is 1. The highest BCUT2D eigenvalue weighted by molar-refractivity contribution is 6.05. The minimum absolute atomic E-state index is 0.202. The number of carbonyl (C=O) groups excluding carboxylic acids is 1. The van der Waals surface area contributed by atoms with E-state index in [0.717, 1.165) is 18.8 Å². The van der Waals surface area contributed by atoms with Crippen LogP contribution in [0.1, 0.15) is 40.9 Å². The van der Waals surface area contributed by atoms with E-state index < -0.39 is 0 Å². The summed E-state index contributed by atoms with van der Waals surface area (Å²) in [6.07, 6.45) is 3.76. The Morgan fingerprint density at radius 1 is 1.04 bits per heavy atom. The SMILES string of the molecule is Cc1cc(C)n(C)c(=O)c1C(=O)Nc1ccc(N2CCCCC2)cc1. The maximum absolute atomic E-state index is 12.6. The fraction of sp³-hybridized carbons (Fsp3) is 0.400. The predicted octanol–water partition coefficient (Wildman–Crippen LogP) is 3.24. The first-order valence-electron chi connectivity index (χ1n) is 8.81. The summed E-state index contributed by atoms with van der Waals surface area (Å²) in [5, 5.41) is 2.85. The number of piperidine rings is 1. The Hall–Kier alpha value is -2.56. The quantitative estimate of drug-likeness (QED) is 0.934. The fourth-order valence-electron chi connectivity index (χ4n) is 3.36. The summed E-state index contributed by atoms with van der Waals surface area (Å²) in [6.45, 7) is 5.83. The van der Waals surface area contributed by atoms with E-state index >= 15 is 0 Å². The molecule has 1 amide bonds. The van der Waals surface area contributed by atoms with Crippen molar-refractivity contribution in [2.75, 3.05) is 23.3 Å². The van der Waals surface area contributed by atoms with E-state index in [1.807, 2.05) is 37.3 Å². The molecule has 2 heterocycles. The second-order valence-corrected chi connectivity index (χ2v) is 6.76. The number of anilines is 2. The molecule has 0 radical (unpaired) electrons.